The Labute approximate surface area is 202 Å². The molecule has 4 aromatic rings. The third kappa shape index (κ3) is 6.01. The van der Waals surface area contributed by atoms with Gasteiger partial charge in [0.25, 0.3) is 0 Å². The number of halogens is 2. The van der Waals surface area contributed by atoms with E-state index in [1.54, 1.807) is 42.7 Å². The highest BCUT2D eigenvalue weighted by Crippen LogP contribution is 2.27. The fourth-order valence-electron chi connectivity index (χ4n) is 2.64. The Morgan fingerprint density at radius 3 is 1.91 bits per heavy atom. The molecule has 3 aromatic carbocycles. The van der Waals surface area contributed by atoms with Crippen molar-refractivity contribution in [3.63, 3.8) is 0 Å². The van der Waals surface area contributed by atoms with Crippen molar-refractivity contribution >= 4 is 49.0 Å². The van der Waals surface area contributed by atoms with Crippen LogP contribution >= 0.6 is 31.9 Å². The van der Waals surface area contributed by atoms with Crippen molar-refractivity contribution in [2.45, 2.75) is 0 Å². The number of carbonyl (C=O) groups is 1. The molecule has 0 unspecified atom stereocenters. The number of hydrogen-bond acceptors (Lipinski definition) is 3. The van der Waals surface area contributed by atoms with Gasteiger partial charge in [-0.25, -0.2) is 14.7 Å². The lowest BCUT2D eigenvalue weighted by Gasteiger charge is -1.96. The largest absolute Gasteiger partial charge is 0.444 e. The van der Waals surface area contributed by atoms with Gasteiger partial charge in [-0.3, -0.25) is 4.79 Å². The smallest absolute Gasteiger partial charge is 0.226 e. The first-order chi connectivity index (χ1) is 15.5. The van der Waals surface area contributed by atoms with Crippen LogP contribution in [0.25, 0.3) is 32.4 Å². The minimum atomic E-state index is 0.0338. The standard InChI is InChI=1S/C16H9BrN2O.C9H6BrNO/c1-18-14-8-4-11(5-9-14)15-10-20-16(19-15)12-2-6-13(17)7-3-12;1-11-8-4-2-7(3-5-8)9(12)6-10/h2-10H;2-5H,6H2. The van der Waals surface area contributed by atoms with Gasteiger partial charge >= 0.3 is 0 Å². The minimum Gasteiger partial charge on any atom is -0.444 e. The first-order valence-corrected chi connectivity index (χ1v) is 11.2. The Hall–Kier alpha value is -3.52. The molecule has 32 heavy (non-hydrogen) atoms. The summed E-state index contributed by atoms with van der Waals surface area (Å²) in [7, 11) is 0. The zero-order valence-corrected chi connectivity index (χ0v) is 19.8. The van der Waals surface area contributed by atoms with Crippen molar-refractivity contribution in [3.05, 3.63) is 112 Å². The highest BCUT2D eigenvalue weighted by atomic mass is 79.9. The van der Waals surface area contributed by atoms with E-state index < -0.39 is 0 Å². The lowest BCUT2D eigenvalue weighted by Crippen LogP contribution is -1.98. The van der Waals surface area contributed by atoms with Crippen LogP contribution in [-0.4, -0.2) is 16.1 Å². The van der Waals surface area contributed by atoms with Gasteiger partial charge in [0.15, 0.2) is 17.2 Å². The van der Waals surface area contributed by atoms with Crippen molar-refractivity contribution in [1.29, 1.82) is 0 Å². The maximum Gasteiger partial charge on any atom is 0.226 e. The van der Waals surface area contributed by atoms with Gasteiger partial charge in [0, 0.05) is 21.2 Å². The molecule has 1 aromatic heterocycles. The summed E-state index contributed by atoms with van der Waals surface area (Å²) in [4.78, 5) is 22.2. The van der Waals surface area contributed by atoms with Gasteiger partial charge < -0.3 is 4.42 Å². The number of ketones is 1. The van der Waals surface area contributed by atoms with Gasteiger partial charge in [0.2, 0.25) is 5.89 Å². The molecule has 0 saturated carbocycles. The second-order valence-electron chi connectivity index (χ2n) is 6.42. The van der Waals surface area contributed by atoms with Crippen LogP contribution in [0.2, 0.25) is 0 Å². The highest BCUT2D eigenvalue weighted by molar-refractivity contribution is 9.10. The topological polar surface area (TPSA) is 51.8 Å². The van der Waals surface area contributed by atoms with E-state index in [1.165, 1.54) is 0 Å². The Morgan fingerprint density at radius 1 is 0.844 bits per heavy atom. The number of benzene rings is 3. The molecule has 1 heterocycles. The van der Waals surface area contributed by atoms with Crippen molar-refractivity contribution < 1.29 is 9.21 Å². The Bertz CT molecular complexity index is 1280. The van der Waals surface area contributed by atoms with Crippen molar-refractivity contribution in [2.24, 2.45) is 0 Å². The normalized spacial score (nSPS) is 9.75. The molecule has 0 amide bonds. The summed E-state index contributed by atoms with van der Waals surface area (Å²) >= 11 is 6.48. The SMILES string of the molecule is [C-]#[N+]c1ccc(-c2coc(-c3ccc(Br)cc3)n2)cc1.[C-]#[N+]c1ccc(C(=O)CBr)cc1. The molecular weight excluding hydrogens is 534 g/mol. The number of Topliss-reactive ketones (excluding diaryl/α,β-unsaturated/α-hetero) is 1. The zero-order valence-electron chi connectivity index (χ0n) is 16.6. The number of oxazole rings is 1. The number of nitrogens with zero attached hydrogens (tertiary/aromatic N) is 3. The van der Waals surface area contributed by atoms with E-state index in [-0.39, 0.29) is 5.78 Å². The van der Waals surface area contributed by atoms with Gasteiger partial charge in [0.1, 0.15) is 12.0 Å². The maximum absolute atomic E-state index is 11.1. The summed E-state index contributed by atoms with van der Waals surface area (Å²) in [5.41, 5.74) is 4.44. The monoisotopic (exact) mass is 547 g/mol. The second kappa shape index (κ2) is 11.2. The van der Waals surface area contributed by atoms with E-state index >= 15 is 0 Å². The lowest BCUT2D eigenvalue weighted by atomic mass is 10.1. The molecule has 0 aliphatic rings. The van der Waals surface area contributed by atoms with Gasteiger partial charge in [-0.05, 0) is 24.3 Å². The predicted molar refractivity (Wildman–Crippen MR) is 132 cm³/mol. The molecular formula is C25H15Br2N3O2. The second-order valence-corrected chi connectivity index (χ2v) is 7.90. The van der Waals surface area contributed by atoms with Gasteiger partial charge in [-0.15, -0.1) is 0 Å². The van der Waals surface area contributed by atoms with Gasteiger partial charge in [-0.1, -0.05) is 80.4 Å². The number of hydrogen-bond donors (Lipinski definition) is 0. The van der Waals surface area contributed by atoms with Gasteiger partial charge in [-0.2, -0.15) is 0 Å². The predicted octanol–water partition coefficient (Wildman–Crippen LogP) is 8.14. The molecule has 5 nitrogen and oxygen atoms in total. The average Bonchev–Trinajstić information content (AvgIpc) is 3.35. The summed E-state index contributed by atoms with van der Waals surface area (Å²) in [5.74, 6) is 0.619. The molecule has 0 saturated heterocycles. The lowest BCUT2D eigenvalue weighted by molar-refractivity contribution is 0.102. The molecule has 0 atom stereocenters. The fraction of sp³-hybridized carbons (Fsp3) is 0.0400. The van der Waals surface area contributed by atoms with Crippen LogP contribution < -0.4 is 0 Å². The fourth-order valence-corrected chi connectivity index (χ4v) is 3.23. The highest BCUT2D eigenvalue weighted by Gasteiger charge is 2.08. The molecule has 4 rings (SSSR count). The Morgan fingerprint density at radius 2 is 1.38 bits per heavy atom. The molecule has 0 spiro atoms. The van der Waals surface area contributed by atoms with Crippen LogP contribution in [0.4, 0.5) is 11.4 Å². The van der Waals surface area contributed by atoms with Crippen LogP contribution in [0.1, 0.15) is 10.4 Å². The summed E-state index contributed by atoms with van der Waals surface area (Å²) in [6, 6.07) is 21.7. The third-order valence-corrected chi connectivity index (χ3v) is 5.37. The van der Waals surface area contributed by atoms with Crippen molar-refractivity contribution in [1.82, 2.24) is 4.98 Å². The first kappa shape index (κ1) is 23.1. The summed E-state index contributed by atoms with van der Waals surface area (Å²) < 4.78 is 6.53. The van der Waals surface area contributed by atoms with E-state index in [0.717, 1.165) is 21.3 Å². The van der Waals surface area contributed by atoms with E-state index in [4.69, 9.17) is 17.6 Å². The van der Waals surface area contributed by atoms with Crippen molar-refractivity contribution in [3.8, 4) is 22.7 Å². The first-order valence-electron chi connectivity index (χ1n) is 9.30. The number of alkyl halides is 1. The number of aromatic nitrogens is 1. The van der Waals surface area contributed by atoms with E-state index in [0.29, 0.717) is 28.2 Å². The molecule has 0 aliphatic heterocycles. The summed E-state index contributed by atoms with van der Waals surface area (Å²) in [5, 5.41) is 0.324. The molecule has 0 radical (unpaired) electrons. The van der Waals surface area contributed by atoms with Crippen LogP contribution in [0, 0.1) is 13.1 Å². The average molecular weight is 549 g/mol. The summed E-state index contributed by atoms with van der Waals surface area (Å²) in [6.45, 7) is 13.6. The molecule has 7 heteroatoms. The maximum atomic E-state index is 11.1. The molecule has 156 valence electrons. The van der Waals surface area contributed by atoms with Crippen LogP contribution in [0.5, 0.6) is 0 Å². The molecule has 0 N–H and O–H groups in total. The number of rotatable bonds is 4. The minimum absolute atomic E-state index is 0.0338. The van der Waals surface area contributed by atoms with E-state index in [9.17, 15) is 4.79 Å². The molecule has 0 aliphatic carbocycles. The van der Waals surface area contributed by atoms with Crippen LogP contribution in [0.3, 0.4) is 0 Å². The summed E-state index contributed by atoms with van der Waals surface area (Å²) in [6.07, 6.45) is 1.63. The van der Waals surface area contributed by atoms with E-state index in [1.807, 2.05) is 36.4 Å². The molecule has 0 bridgehead atoms. The Kier molecular flexibility index (Phi) is 8.10. The Balaban J connectivity index is 0.000000207. The molecule has 0 fully saturated rings. The zero-order chi connectivity index (χ0) is 22.9. The number of carbonyl (C=O) groups excluding carboxylic acids is 1. The van der Waals surface area contributed by atoms with E-state index in [2.05, 4.69) is 46.5 Å². The third-order valence-electron chi connectivity index (χ3n) is 4.33. The van der Waals surface area contributed by atoms with Crippen LogP contribution in [0.15, 0.2) is 87.9 Å². The quantitative estimate of drug-likeness (QED) is 0.147. The van der Waals surface area contributed by atoms with Crippen molar-refractivity contribution in [2.75, 3.05) is 5.33 Å². The van der Waals surface area contributed by atoms with Gasteiger partial charge in [0.05, 0.1) is 18.5 Å². The van der Waals surface area contributed by atoms with Crippen LogP contribution in [-0.2, 0) is 0 Å².